The van der Waals surface area contributed by atoms with Crippen molar-refractivity contribution in [1.29, 1.82) is 0 Å². The van der Waals surface area contributed by atoms with E-state index >= 15 is 0 Å². The molecule has 0 saturated heterocycles. The maximum Gasteiger partial charge on any atom is 0.417 e. The molecule has 0 radical (unpaired) electrons. The second-order valence-electron chi connectivity index (χ2n) is 10.1. The number of ether oxygens (including phenoxy) is 3. The van der Waals surface area contributed by atoms with Crippen molar-refractivity contribution in [1.82, 2.24) is 5.16 Å². The molecule has 0 bridgehead atoms. The summed E-state index contributed by atoms with van der Waals surface area (Å²) in [6, 6.07) is 16.8. The number of benzene rings is 3. The molecule has 4 aromatic rings. The molecule has 2 heterocycles. The van der Waals surface area contributed by atoms with Crippen molar-refractivity contribution in [3.63, 3.8) is 0 Å². The molecule has 40 heavy (non-hydrogen) atoms. The molecule has 1 aliphatic carbocycles. The highest BCUT2D eigenvalue weighted by Crippen LogP contribution is 2.47. The molecule has 2 aliphatic rings. The summed E-state index contributed by atoms with van der Waals surface area (Å²) in [5, 5.41) is 3.99. The molecule has 0 fully saturated rings. The highest BCUT2D eigenvalue weighted by atomic mass is 19.4. The Morgan fingerprint density at radius 1 is 1.02 bits per heavy atom. The lowest BCUT2D eigenvalue weighted by atomic mass is 9.90. The molecule has 9 heteroatoms. The summed E-state index contributed by atoms with van der Waals surface area (Å²) in [5.41, 5.74) is 3.67. The summed E-state index contributed by atoms with van der Waals surface area (Å²) < 4.78 is 64.4. The Bertz CT molecular complexity index is 1580. The zero-order valence-electron chi connectivity index (χ0n) is 21.9. The van der Waals surface area contributed by atoms with Crippen LogP contribution in [0.2, 0.25) is 0 Å². The molecular weight excluding hydrogens is 523 g/mol. The molecule has 0 amide bonds. The van der Waals surface area contributed by atoms with Crippen molar-refractivity contribution in [2.75, 3.05) is 13.7 Å². The Morgan fingerprint density at radius 2 is 1.77 bits per heavy atom. The van der Waals surface area contributed by atoms with E-state index in [0.717, 1.165) is 22.8 Å². The Hall–Kier alpha value is -4.27. The average molecular weight is 550 g/mol. The van der Waals surface area contributed by atoms with E-state index in [4.69, 9.17) is 18.7 Å². The maximum absolute atomic E-state index is 14.2. The van der Waals surface area contributed by atoms with Crippen LogP contribution < -0.4 is 9.47 Å². The standard InChI is InChI=1S/C31H26F3NO5/c1-17-13-26(35-40-17)18-3-5-19(6-4-18)30-24-10-12-27(23(24)9-11-25(30)31(32,33)34)39-21-7-8-22-20(14-29(36)37-2)16-38-28(22)15-21/h3-9,11,13,15,20,27H,10,12,14,16H2,1-2H3/t20?,27-/m1/s1. The number of hydrogen-bond donors (Lipinski definition) is 0. The highest BCUT2D eigenvalue weighted by Gasteiger charge is 2.38. The van der Waals surface area contributed by atoms with E-state index in [2.05, 4.69) is 5.16 Å². The number of rotatable bonds is 6. The van der Waals surface area contributed by atoms with Crippen LogP contribution in [0, 0.1) is 6.92 Å². The van der Waals surface area contributed by atoms with Crippen LogP contribution in [-0.4, -0.2) is 24.8 Å². The van der Waals surface area contributed by atoms with Gasteiger partial charge in [0.15, 0.2) is 0 Å². The molecule has 0 spiro atoms. The van der Waals surface area contributed by atoms with E-state index < -0.39 is 17.8 Å². The van der Waals surface area contributed by atoms with Crippen LogP contribution in [-0.2, 0) is 22.1 Å². The molecule has 1 aliphatic heterocycles. The molecular formula is C31H26F3NO5. The Morgan fingerprint density at radius 3 is 2.48 bits per heavy atom. The monoisotopic (exact) mass is 549 g/mol. The van der Waals surface area contributed by atoms with E-state index in [1.807, 2.05) is 12.1 Å². The summed E-state index contributed by atoms with van der Waals surface area (Å²) >= 11 is 0. The van der Waals surface area contributed by atoms with Gasteiger partial charge in [-0.05, 0) is 54.2 Å². The zero-order valence-corrected chi connectivity index (χ0v) is 21.9. The van der Waals surface area contributed by atoms with Crippen molar-refractivity contribution < 1.29 is 36.7 Å². The number of aromatic nitrogens is 1. The topological polar surface area (TPSA) is 70.8 Å². The van der Waals surface area contributed by atoms with E-state index in [-0.39, 0.29) is 23.9 Å². The lowest BCUT2D eigenvalue weighted by Crippen LogP contribution is -2.10. The second-order valence-corrected chi connectivity index (χ2v) is 10.1. The number of esters is 1. The predicted octanol–water partition coefficient (Wildman–Crippen LogP) is 7.44. The third-order valence-electron chi connectivity index (χ3n) is 7.54. The van der Waals surface area contributed by atoms with Gasteiger partial charge in [-0.15, -0.1) is 0 Å². The molecule has 206 valence electrons. The Kier molecular flexibility index (Phi) is 6.52. The number of carbonyl (C=O) groups excluding carboxylic acids is 1. The van der Waals surface area contributed by atoms with Crippen molar-refractivity contribution in [3.8, 4) is 33.9 Å². The van der Waals surface area contributed by atoms with Gasteiger partial charge < -0.3 is 18.7 Å². The summed E-state index contributed by atoms with van der Waals surface area (Å²) in [4.78, 5) is 11.7. The van der Waals surface area contributed by atoms with Gasteiger partial charge in [0, 0.05) is 29.2 Å². The summed E-state index contributed by atoms with van der Waals surface area (Å²) in [6.07, 6.45) is -3.69. The van der Waals surface area contributed by atoms with Crippen LogP contribution in [0.4, 0.5) is 13.2 Å². The molecule has 0 N–H and O–H groups in total. The quantitative estimate of drug-likeness (QED) is 0.233. The summed E-state index contributed by atoms with van der Waals surface area (Å²) in [6.45, 7) is 2.16. The first-order chi connectivity index (χ1) is 19.2. The van der Waals surface area contributed by atoms with E-state index in [1.54, 1.807) is 43.3 Å². The number of halogens is 3. The first kappa shape index (κ1) is 26.0. The lowest BCUT2D eigenvalue weighted by Gasteiger charge is -2.20. The van der Waals surface area contributed by atoms with Gasteiger partial charge in [0.2, 0.25) is 0 Å². The normalized spacial score (nSPS) is 17.7. The number of alkyl halides is 3. The van der Waals surface area contributed by atoms with Crippen molar-refractivity contribution in [3.05, 3.63) is 88.7 Å². The van der Waals surface area contributed by atoms with Gasteiger partial charge >= 0.3 is 12.1 Å². The zero-order chi connectivity index (χ0) is 28.0. The van der Waals surface area contributed by atoms with Crippen LogP contribution >= 0.6 is 0 Å². The number of carbonyl (C=O) groups is 1. The molecule has 1 unspecified atom stereocenters. The maximum atomic E-state index is 14.2. The molecule has 0 saturated carbocycles. The van der Waals surface area contributed by atoms with Gasteiger partial charge in [0.25, 0.3) is 0 Å². The molecule has 6 rings (SSSR count). The number of nitrogens with zero attached hydrogens (tertiary/aromatic N) is 1. The van der Waals surface area contributed by atoms with E-state index in [9.17, 15) is 18.0 Å². The first-order valence-electron chi connectivity index (χ1n) is 13.0. The van der Waals surface area contributed by atoms with Crippen LogP contribution in [0.15, 0.2) is 65.2 Å². The Balaban J connectivity index is 1.30. The third kappa shape index (κ3) is 4.80. The SMILES string of the molecule is COC(=O)CC1COc2cc(O[C@@H]3CCc4c3ccc(C(F)(F)F)c4-c3ccc(-c4cc(C)on4)cc3)ccc21. The highest BCUT2D eigenvalue weighted by molar-refractivity contribution is 5.76. The largest absolute Gasteiger partial charge is 0.492 e. The van der Waals surface area contributed by atoms with Crippen LogP contribution in [0.1, 0.15) is 52.9 Å². The van der Waals surface area contributed by atoms with Crippen molar-refractivity contribution in [2.45, 2.75) is 44.4 Å². The first-order valence-corrected chi connectivity index (χ1v) is 13.0. The Labute approximate surface area is 228 Å². The van der Waals surface area contributed by atoms with E-state index in [1.165, 1.54) is 13.2 Å². The molecule has 6 nitrogen and oxygen atoms in total. The fourth-order valence-corrected chi connectivity index (χ4v) is 5.61. The van der Waals surface area contributed by atoms with Crippen LogP contribution in [0.25, 0.3) is 22.4 Å². The minimum atomic E-state index is -4.51. The minimum Gasteiger partial charge on any atom is -0.492 e. The number of methoxy groups -OCH3 is 1. The lowest BCUT2D eigenvalue weighted by molar-refractivity contribution is -0.141. The van der Waals surface area contributed by atoms with Crippen LogP contribution in [0.5, 0.6) is 11.5 Å². The third-order valence-corrected chi connectivity index (χ3v) is 7.54. The predicted molar refractivity (Wildman–Crippen MR) is 140 cm³/mol. The van der Waals surface area contributed by atoms with Gasteiger partial charge in [0.05, 0.1) is 25.7 Å². The fourth-order valence-electron chi connectivity index (χ4n) is 5.61. The van der Waals surface area contributed by atoms with E-state index in [0.29, 0.717) is 53.5 Å². The van der Waals surface area contributed by atoms with Gasteiger partial charge in [-0.3, -0.25) is 4.79 Å². The second kappa shape index (κ2) is 10.0. The van der Waals surface area contributed by atoms with Crippen molar-refractivity contribution >= 4 is 5.97 Å². The number of aryl methyl sites for hydroxylation is 1. The molecule has 3 aromatic carbocycles. The van der Waals surface area contributed by atoms with Crippen LogP contribution in [0.3, 0.4) is 0 Å². The average Bonchev–Trinajstić information content (AvgIpc) is 3.66. The van der Waals surface area contributed by atoms with Gasteiger partial charge in [-0.1, -0.05) is 41.6 Å². The van der Waals surface area contributed by atoms with Gasteiger partial charge in [-0.2, -0.15) is 13.2 Å². The number of fused-ring (bicyclic) bond motifs is 2. The smallest absolute Gasteiger partial charge is 0.417 e. The van der Waals surface area contributed by atoms with Gasteiger partial charge in [-0.25, -0.2) is 0 Å². The summed E-state index contributed by atoms with van der Waals surface area (Å²) in [7, 11) is 1.35. The molecule has 1 aromatic heterocycles. The van der Waals surface area contributed by atoms with Gasteiger partial charge in [0.1, 0.15) is 29.1 Å². The van der Waals surface area contributed by atoms with Crippen molar-refractivity contribution in [2.24, 2.45) is 0 Å². The number of hydrogen-bond acceptors (Lipinski definition) is 6. The summed E-state index contributed by atoms with van der Waals surface area (Å²) in [5.74, 6) is 1.46. The minimum absolute atomic E-state index is 0.0910. The molecule has 2 atom stereocenters. The fraction of sp³-hybridized carbons (Fsp3) is 0.290.